The van der Waals surface area contributed by atoms with Crippen LogP contribution < -0.4 is 0 Å². The summed E-state index contributed by atoms with van der Waals surface area (Å²) in [6.07, 6.45) is 1.19. The van der Waals surface area contributed by atoms with E-state index in [0.29, 0.717) is 13.0 Å². The van der Waals surface area contributed by atoms with Gasteiger partial charge in [-0.15, -0.1) is 0 Å². The molecule has 1 aromatic carbocycles. The molecule has 20 heavy (non-hydrogen) atoms. The Bertz CT molecular complexity index is 588. The summed E-state index contributed by atoms with van der Waals surface area (Å²) in [7, 11) is 0. The summed E-state index contributed by atoms with van der Waals surface area (Å²) in [5, 5.41) is 10.6. The number of hydrogen-bond donors (Lipinski definition) is 0. The molecular formula is C13H13ClN2O4. The molecule has 1 atom stereocenters. The Kier molecular flexibility index (Phi) is 4.04. The number of rotatable bonds is 3. The standard InChI is InChI=1S/C13H13ClN2O4/c1-2-8-5-12(17)15(7-8)13(18)9-3-4-11(16(19)20)10(14)6-9/h3-4,6,8H,2,5,7H2,1H3. The first-order chi connectivity index (χ1) is 9.43. The molecule has 0 N–H and O–H groups in total. The van der Waals surface area contributed by atoms with Crippen molar-refractivity contribution in [1.82, 2.24) is 4.90 Å². The van der Waals surface area contributed by atoms with Crippen molar-refractivity contribution >= 4 is 29.1 Å². The van der Waals surface area contributed by atoms with Gasteiger partial charge in [-0.1, -0.05) is 24.9 Å². The second kappa shape index (κ2) is 5.58. The van der Waals surface area contributed by atoms with E-state index in [1.54, 1.807) is 0 Å². The molecule has 1 aromatic rings. The molecule has 0 radical (unpaired) electrons. The highest BCUT2D eigenvalue weighted by atomic mass is 35.5. The lowest BCUT2D eigenvalue weighted by Crippen LogP contribution is -2.32. The third-order valence-electron chi connectivity index (χ3n) is 3.42. The highest BCUT2D eigenvalue weighted by Gasteiger charge is 2.33. The Hall–Kier alpha value is -1.95. The largest absolute Gasteiger partial charge is 0.287 e. The van der Waals surface area contributed by atoms with Crippen LogP contribution in [-0.4, -0.2) is 28.2 Å². The average Bonchev–Trinajstić information content (AvgIpc) is 2.78. The van der Waals surface area contributed by atoms with E-state index in [9.17, 15) is 19.7 Å². The number of carbonyl (C=O) groups excluding carboxylic acids is 2. The molecule has 1 saturated heterocycles. The summed E-state index contributed by atoms with van der Waals surface area (Å²) in [5.74, 6) is -0.487. The van der Waals surface area contributed by atoms with E-state index in [-0.39, 0.29) is 28.1 Å². The van der Waals surface area contributed by atoms with Gasteiger partial charge in [0.15, 0.2) is 0 Å². The molecule has 1 heterocycles. The van der Waals surface area contributed by atoms with Gasteiger partial charge in [-0.05, 0) is 18.1 Å². The summed E-state index contributed by atoms with van der Waals surface area (Å²) in [4.78, 5) is 35.2. The first-order valence-electron chi connectivity index (χ1n) is 6.22. The third kappa shape index (κ3) is 2.65. The molecule has 1 aliphatic heterocycles. The maximum Gasteiger partial charge on any atom is 0.287 e. The van der Waals surface area contributed by atoms with Crippen molar-refractivity contribution in [2.24, 2.45) is 5.92 Å². The lowest BCUT2D eigenvalue weighted by molar-refractivity contribution is -0.384. The van der Waals surface area contributed by atoms with Crippen LogP contribution in [0.3, 0.4) is 0 Å². The smallest absolute Gasteiger partial charge is 0.278 e. The minimum Gasteiger partial charge on any atom is -0.278 e. The zero-order valence-electron chi connectivity index (χ0n) is 10.8. The van der Waals surface area contributed by atoms with Crippen LogP contribution in [0, 0.1) is 16.0 Å². The molecule has 1 unspecified atom stereocenters. The summed E-state index contributed by atoms with van der Waals surface area (Å²) >= 11 is 5.77. The van der Waals surface area contributed by atoms with Crippen LogP contribution >= 0.6 is 11.6 Å². The summed E-state index contributed by atoms with van der Waals surface area (Å²) < 4.78 is 0. The molecule has 1 fully saturated rings. The van der Waals surface area contributed by atoms with Gasteiger partial charge in [0.1, 0.15) is 5.02 Å². The predicted molar refractivity (Wildman–Crippen MR) is 72.5 cm³/mol. The number of benzene rings is 1. The van der Waals surface area contributed by atoms with Crippen molar-refractivity contribution in [3.63, 3.8) is 0 Å². The average molecular weight is 297 g/mol. The number of imide groups is 1. The number of halogens is 1. The SMILES string of the molecule is CCC1CC(=O)N(C(=O)c2ccc([N+](=O)[O-])c(Cl)c2)C1. The number of nitrogens with zero attached hydrogens (tertiary/aromatic N) is 2. The predicted octanol–water partition coefficient (Wildman–Crippen LogP) is 2.65. The van der Waals surface area contributed by atoms with Crippen LogP contribution in [0.15, 0.2) is 18.2 Å². The summed E-state index contributed by atoms with van der Waals surface area (Å²) in [6, 6.07) is 3.72. The fourth-order valence-electron chi connectivity index (χ4n) is 2.20. The van der Waals surface area contributed by atoms with E-state index in [2.05, 4.69) is 0 Å². The molecule has 7 heteroatoms. The normalized spacial score (nSPS) is 18.4. The Balaban J connectivity index is 2.24. The van der Waals surface area contributed by atoms with Crippen molar-refractivity contribution in [1.29, 1.82) is 0 Å². The zero-order valence-corrected chi connectivity index (χ0v) is 11.6. The molecule has 1 aliphatic rings. The van der Waals surface area contributed by atoms with Crippen LogP contribution in [0.4, 0.5) is 5.69 Å². The minimum atomic E-state index is -0.620. The fourth-order valence-corrected chi connectivity index (χ4v) is 2.44. The lowest BCUT2D eigenvalue weighted by atomic mass is 10.1. The van der Waals surface area contributed by atoms with Crippen LogP contribution in [0.2, 0.25) is 5.02 Å². The number of nitro benzene ring substituents is 1. The Morgan fingerprint density at radius 2 is 2.25 bits per heavy atom. The Morgan fingerprint density at radius 3 is 2.75 bits per heavy atom. The summed E-state index contributed by atoms with van der Waals surface area (Å²) in [6.45, 7) is 2.36. The van der Waals surface area contributed by atoms with Crippen molar-refractivity contribution in [3.05, 3.63) is 38.9 Å². The third-order valence-corrected chi connectivity index (χ3v) is 3.72. The van der Waals surface area contributed by atoms with Gasteiger partial charge in [-0.2, -0.15) is 0 Å². The van der Waals surface area contributed by atoms with Gasteiger partial charge in [-0.3, -0.25) is 24.6 Å². The highest BCUT2D eigenvalue weighted by Crippen LogP contribution is 2.27. The van der Waals surface area contributed by atoms with Crippen LogP contribution in [-0.2, 0) is 4.79 Å². The number of hydrogen-bond acceptors (Lipinski definition) is 4. The Morgan fingerprint density at radius 1 is 1.55 bits per heavy atom. The van der Waals surface area contributed by atoms with E-state index in [1.807, 2.05) is 6.92 Å². The highest BCUT2D eigenvalue weighted by molar-refractivity contribution is 6.33. The number of nitro groups is 1. The van der Waals surface area contributed by atoms with Crippen LogP contribution in [0.5, 0.6) is 0 Å². The van der Waals surface area contributed by atoms with Gasteiger partial charge in [-0.25, -0.2) is 0 Å². The number of likely N-dealkylation sites (tertiary alicyclic amines) is 1. The molecule has 0 spiro atoms. The van der Waals surface area contributed by atoms with Gasteiger partial charge in [0.25, 0.3) is 11.6 Å². The molecule has 6 nitrogen and oxygen atoms in total. The lowest BCUT2D eigenvalue weighted by Gasteiger charge is -2.14. The second-order valence-corrected chi connectivity index (χ2v) is 5.12. The van der Waals surface area contributed by atoms with Gasteiger partial charge >= 0.3 is 0 Å². The first-order valence-corrected chi connectivity index (χ1v) is 6.60. The molecule has 0 aromatic heterocycles. The van der Waals surface area contributed by atoms with E-state index in [4.69, 9.17) is 11.6 Å². The van der Waals surface area contributed by atoms with Crippen molar-refractivity contribution in [2.75, 3.05) is 6.54 Å². The van der Waals surface area contributed by atoms with Gasteiger partial charge in [0.05, 0.1) is 4.92 Å². The Labute approximate surface area is 120 Å². The van der Waals surface area contributed by atoms with Crippen LogP contribution in [0.25, 0.3) is 0 Å². The minimum absolute atomic E-state index is 0.112. The van der Waals surface area contributed by atoms with E-state index in [1.165, 1.54) is 23.1 Å². The van der Waals surface area contributed by atoms with Gasteiger partial charge in [0.2, 0.25) is 5.91 Å². The maximum atomic E-state index is 12.2. The van der Waals surface area contributed by atoms with Gasteiger partial charge < -0.3 is 0 Å². The molecule has 0 aliphatic carbocycles. The van der Waals surface area contributed by atoms with Crippen molar-refractivity contribution in [2.45, 2.75) is 19.8 Å². The first kappa shape index (κ1) is 14.5. The van der Waals surface area contributed by atoms with Crippen molar-refractivity contribution < 1.29 is 14.5 Å². The summed E-state index contributed by atoms with van der Waals surface area (Å²) in [5.41, 5.74) is -0.0758. The maximum absolute atomic E-state index is 12.2. The molecular weight excluding hydrogens is 284 g/mol. The molecule has 2 amide bonds. The van der Waals surface area contributed by atoms with E-state index in [0.717, 1.165) is 6.42 Å². The molecule has 2 rings (SSSR count). The van der Waals surface area contributed by atoms with Crippen molar-refractivity contribution in [3.8, 4) is 0 Å². The number of amides is 2. The topological polar surface area (TPSA) is 80.5 Å². The quantitative estimate of drug-likeness (QED) is 0.488. The molecule has 0 bridgehead atoms. The zero-order chi connectivity index (χ0) is 14.9. The second-order valence-electron chi connectivity index (χ2n) is 4.71. The van der Waals surface area contributed by atoms with Crippen LogP contribution in [0.1, 0.15) is 30.1 Å². The monoisotopic (exact) mass is 296 g/mol. The molecule has 0 saturated carbocycles. The van der Waals surface area contributed by atoms with E-state index >= 15 is 0 Å². The number of carbonyl (C=O) groups is 2. The van der Waals surface area contributed by atoms with E-state index < -0.39 is 10.8 Å². The van der Waals surface area contributed by atoms with Gasteiger partial charge in [0, 0.05) is 24.6 Å². The molecule has 106 valence electrons. The fraction of sp³-hybridized carbons (Fsp3) is 0.385.